The second-order valence-electron chi connectivity index (χ2n) is 4.96. The second-order valence-corrected chi connectivity index (χ2v) is 4.96. The predicted molar refractivity (Wildman–Crippen MR) is 79.8 cm³/mol. The maximum Gasteiger partial charge on any atom is 0.339 e. The topological polar surface area (TPSA) is 60.4 Å². The average molecular weight is 278 g/mol. The monoisotopic (exact) mass is 278 g/mol. The zero-order chi connectivity index (χ0) is 14.6. The van der Waals surface area contributed by atoms with E-state index in [0.29, 0.717) is 16.5 Å². The van der Waals surface area contributed by atoms with Crippen LogP contribution in [0, 0.1) is 0 Å². The Morgan fingerprint density at radius 3 is 2.62 bits per heavy atom. The first-order chi connectivity index (χ1) is 10.1. The minimum absolute atomic E-state index is 0.0963. The van der Waals surface area contributed by atoms with Gasteiger partial charge >= 0.3 is 11.4 Å². The molecule has 4 aromatic rings. The molecule has 0 atom stereocenters. The van der Waals surface area contributed by atoms with Crippen LogP contribution in [0.15, 0.2) is 56.1 Å². The third-order valence-corrected chi connectivity index (χ3v) is 3.65. The normalized spacial score (nSPS) is 11.5. The van der Waals surface area contributed by atoms with Crippen molar-refractivity contribution in [2.24, 2.45) is 0 Å². The highest BCUT2D eigenvalue weighted by molar-refractivity contribution is 6.23. The third kappa shape index (κ3) is 1.62. The van der Waals surface area contributed by atoms with E-state index in [1.807, 2.05) is 36.4 Å². The van der Waals surface area contributed by atoms with Crippen molar-refractivity contribution in [1.82, 2.24) is 0 Å². The van der Waals surface area contributed by atoms with Gasteiger partial charge in [-0.05, 0) is 23.8 Å². The molecule has 102 valence electrons. The van der Waals surface area contributed by atoms with E-state index >= 15 is 0 Å². The van der Waals surface area contributed by atoms with Crippen LogP contribution in [-0.2, 0) is 0 Å². The summed E-state index contributed by atoms with van der Waals surface area (Å²) in [5.41, 5.74) is 0.341. The van der Waals surface area contributed by atoms with Crippen LogP contribution in [0.5, 0.6) is 0 Å². The lowest BCUT2D eigenvalue weighted by Crippen LogP contribution is -2.02. The molecule has 0 fully saturated rings. The van der Waals surface area contributed by atoms with Crippen LogP contribution in [0.25, 0.3) is 32.9 Å². The first-order valence-corrected chi connectivity index (χ1v) is 6.54. The molecule has 0 spiro atoms. The first-order valence-electron chi connectivity index (χ1n) is 6.54. The number of carbonyl (C=O) groups excluding carboxylic acids is 1. The molecule has 2 aromatic carbocycles. The van der Waals surface area contributed by atoms with Gasteiger partial charge in [-0.3, -0.25) is 4.79 Å². The summed E-state index contributed by atoms with van der Waals surface area (Å²) < 4.78 is 10.7. The Kier molecular flexibility index (Phi) is 2.30. The van der Waals surface area contributed by atoms with E-state index in [1.54, 1.807) is 0 Å². The Labute approximate surface area is 118 Å². The Balaban J connectivity index is 2.37. The molecule has 0 aliphatic carbocycles. The number of hydrogen-bond acceptors (Lipinski definition) is 4. The molecule has 0 radical (unpaired) electrons. The fraction of sp³-hybridized carbons (Fsp3) is 0.0588. The minimum Gasteiger partial charge on any atom is -0.425 e. The van der Waals surface area contributed by atoms with Crippen molar-refractivity contribution in [2.75, 3.05) is 0 Å². The number of ketones is 1. The van der Waals surface area contributed by atoms with Crippen LogP contribution in [0.1, 0.15) is 17.3 Å². The van der Waals surface area contributed by atoms with Gasteiger partial charge < -0.3 is 8.83 Å². The molecule has 0 bridgehead atoms. The van der Waals surface area contributed by atoms with Crippen LogP contribution in [-0.4, -0.2) is 5.78 Å². The summed E-state index contributed by atoms with van der Waals surface area (Å²) >= 11 is 0. The molecule has 2 heterocycles. The van der Waals surface area contributed by atoms with Gasteiger partial charge in [-0.1, -0.05) is 30.3 Å². The van der Waals surface area contributed by atoms with Gasteiger partial charge in [0, 0.05) is 17.0 Å². The number of hydrogen-bond donors (Lipinski definition) is 0. The van der Waals surface area contributed by atoms with Crippen molar-refractivity contribution < 1.29 is 13.6 Å². The van der Waals surface area contributed by atoms with Gasteiger partial charge in [-0.25, -0.2) is 4.79 Å². The molecule has 0 saturated heterocycles. The minimum atomic E-state index is -0.587. The highest BCUT2D eigenvalue weighted by Crippen LogP contribution is 2.35. The molecule has 4 rings (SSSR count). The third-order valence-electron chi connectivity index (χ3n) is 3.65. The largest absolute Gasteiger partial charge is 0.425 e. The molecule has 0 aliphatic heterocycles. The van der Waals surface area contributed by atoms with E-state index in [1.165, 1.54) is 13.0 Å². The van der Waals surface area contributed by atoms with Crippen molar-refractivity contribution in [3.63, 3.8) is 0 Å². The lowest BCUT2D eigenvalue weighted by atomic mass is 10.0. The van der Waals surface area contributed by atoms with Crippen molar-refractivity contribution in [3.8, 4) is 0 Å². The zero-order valence-electron chi connectivity index (χ0n) is 11.2. The molecule has 4 heteroatoms. The lowest BCUT2D eigenvalue weighted by molar-refractivity contribution is 0.101. The summed E-state index contributed by atoms with van der Waals surface area (Å²) in [5, 5.41) is 3.37. The van der Waals surface area contributed by atoms with Gasteiger partial charge in [0.2, 0.25) is 0 Å². The molecule has 4 nitrogen and oxygen atoms in total. The predicted octanol–water partition coefficient (Wildman–Crippen LogP) is 3.90. The molecular weight excluding hydrogens is 268 g/mol. The van der Waals surface area contributed by atoms with E-state index in [4.69, 9.17) is 8.83 Å². The fourth-order valence-corrected chi connectivity index (χ4v) is 2.75. The van der Waals surface area contributed by atoms with Crippen molar-refractivity contribution in [2.45, 2.75) is 6.92 Å². The standard InChI is InChI=1S/C17H10O4/c1-9(18)12-8-14(19)21-17-16(12)15-11-5-3-2-4-10(11)6-7-13(15)20-17/h2-8H,1H3. The van der Waals surface area contributed by atoms with Crippen LogP contribution in [0.4, 0.5) is 0 Å². The molecule has 0 N–H and O–H groups in total. The summed E-state index contributed by atoms with van der Waals surface area (Å²) in [5.74, 6) is -0.0948. The number of Topliss-reactive ketones (excluding diaryl/α,β-unsaturated/α-hetero) is 1. The fourth-order valence-electron chi connectivity index (χ4n) is 2.75. The Morgan fingerprint density at radius 1 is 1.00 bits per heavy atom. The Hall–Kier alpha value is -2.88. The molecule has 0 unspecified atom stereocenters. The van der Waals surface area contributed by atoms with Crippen LogP contribution >= 0.6 is 0 Å². The van der Waals surface area contributed by atoms with E-state index in [0.717, 1.165) is 16.2 Å². The average Bonchev–Trinajstić information content (AvgIpc) is 2.84. The molecular formula is C17H10O4. The van der Waals surface area contributed by atoms with Crippen LogP contribution < -0.4 is 5.63 Å². The number of benzene rings is 2. The van der Waals surface area contributed by atoms with Gasteiger partial charge in [0.1, 0.15) is 5.58 Å². The molecule has 0 aliphatic rings. The highest BCUT2D eigenvalue weighted by atomic mass is 16.5. The van der Waals surface area contributed by atoms with Crippen LogP contribution in [0.2, 0.25) is 0 Å². The Bertz CT molecular complexity index is 1080. The van der Waals surface area contributed by atoms with Gasteiger partial charge in [0.25, 0.3) is 0 Å². The van der Waals surface area contributed by atoms with Gasteiger partial charge in [-0.15, -0.1) is 0 Å². The smallest absolute Gasteiger partial charge is 0.339 e. The summed E-state index contributed by atoms with van der Waals surface area (Å²) in [6.45, 7) is 1.43. The summed E-state index contributed by atoms with van der Waals surface area (Å²) in [7, 11) is 0. The number of furan rings is 1. The molecule has 0 amide bonds. The number of rotatable bonds is 1. The van der Waals surface area contributed by atoms with Crippen LogP contribution in [0.3, 0.4) is 0 Å². The first kappa shape index (κ1) is 11.9. The van der Waals surface area contributed by atoms with Crippen molar-refractivity contribution in [3.05, 3.63) is 58.4 Å². The highest BCUT2D eigenvalue weighted by Gasteiger charge is 2.18. The lowest BCUT2D eigenvalue weighted by Gasteiger charge is -2.00. The summed E-state index contributed by atoms with van der Waals surface area (Å²) in [6.07, 6.45) is 0. The summed E-state index contributed by atoms with van der Waals surface area (Å²) in [6, 6.07) is 12.8. The summed E-state index contributed by atoms with van der Waals surface area (Å²) in [4.78, 5) is 23.4. The van der Waals surface area contributed by atoms with E-state index < -0.39 is 5.63 Å². The van der Waals surface area contributed by atoms with Gasteiger partial charge in [-0.2, -0.15) is 0 Å². The molecule has 2 aromatic heterocycles. The quantitative estimate of drug-likeness (QED) is 0.495. The number of carbonyl (C=O) groups is 1. The maximum atomic E-state index is 11.9. The molecule has 0 saturated carbocycles. The van der Waals surface area contributed by atoms with Crippen molar-refractivity contribution in [1.29, 1.82) is 0 Å². The maximum absolute atomic E-state index is 11.9. The van der Waals surface area contributed by atoms with Gasteiger partial charge in [0.15, 0.2) is 5.78 Å². The van der Waals surface area contributed by atoms with E-state index in [9.17, 15) is 9.59 Å². The van der Waals surface area contributed by atoms with E-state index in [-0.39, 0.29) is 11.6 Å². The molecule has 21 heavy (non-hydrogen) atoms. The zero-order valence-corrected chi connectivity index (χ0v) is 11.2. The SMILES string of the molecule is CC(=O)c1cc(=O)oc2oc3ccc4ccccc4c3c12. The number of fused-ring (bicyclic) bond motifs is 5. The van der Waals surface area contributed by atoms with E-state index in [2.05, 4.69) is 0 Å². The van der Waals surface area contributed by atoms with Crippen molar-refractivity contribution >= 4 is 38.7 Å². The Morgan fingerprint density at radius 2 is 1.81 bits per heavy atom. The second kappa shape index (κ2) is 4.06. The van der Waals surface area contributed by atoms with Gasteiger partial charge in [0.05, 0.1) is 5.39 Å².